The van der Waals surface area contributed by atoms with Crippen molar-refractivity contribution in [3.8, 4) is 0 Å². The van der Waals surface area contributed by atoms with Gasteiger partial charge >= 0.3 is 0 Å². The SMILES string of the molecule is BrCCc1cnnc2ccccc12. The van der Waals surface area contributed by atoms with Crippen molar-refractivity contribution in [2.24, 2.45) is 0 Å². The van der Waals surface area contributed by atoms with Crippen molar-refractivity contribution >= 4 is 26.8 Å². The monoisotopic (exact) mass is 236 g/mol. The molecule has 13 heavy (non-hydrogen) atoms. The summed E-state index contributed by atoms with van der Waals surface area (Å²) in [5, 5.41) is 10.2. The van der Waals surface area contributed by atoms with E-state index >= 15 is 0 Å². The van der Waals surface area contributed by atoms with Crippen molar-refractivity contribution in [2.75, 3.05) is 5.33 Å². The Morgan fingerprint density at radius 2 is 2.08 bits per heavy atom. The van der Waals surface area contributed by atoms with E-state index in [0.29, 0.717) is 0 Å². The zero-order valence-corrected chi connectivity index (χ0v) is 8.66. The van der Waals surface area contributed by atoms with E-state index < -0.39 is 0 Å². The van der Waals surface area contributed by atoms with Gasteiger partial charge in [-0.1, -0.05) is 34.1 Å². The lowest BCUT2D eigenvalue weighted by atomic mass is 10.1. The molecule has 0 fully saturated rings. The molecule has 2 aromatic rings. The number of nitrogens with zero attached hydrogens (tertiary/aromatic N) is 2. The van der Waals surface area contributed by atoms with Crippen LogP contribution in [-0.2, 0) is 6.42 Å². The number of hydrogen-bond donors (Lipinski definition) is 0. The van der Waals surface area contributed by atoms with E-state index in [0.717, 1.165) is 17.3 Å². The van der Waals surface area contributed by atoms with Crippen LogP contribution in [0.2, 0.25) is 0 Å². The lowest BCUT2D eigenvalue weighted by Gasteiger charge is -2.01. The van der Waals surface area contributed by atoms with Crippen LogP contribution in [0.5, 0.6) is 0 Å². The van der Waals surface area contributed by atoms with Crippen LogP contribution in [0.15, 0.2) is 30.5 Å². The number of hydrogen-bond acceptors (Lipinski definition) is 2. The van der Waals surface area contributed by atoms with E-state index in [-0.39, 0.29) is 0 Å². The van der Waals surface area contributed by atoms with Crippen LogP contribution in [0, 0.1) is 0 Å². The van der Waals surface area contributed by atoms with Gasteiger partial charge in [0.05, 0.1) is 11.7 Å². The van der Waals surface area contributed by atoms with Crippen LogP contribution >= 0.6 is 15.9 Å². The van der Waals surface area contributed by atoms with E-state index in [2.05, 4.69) is 32.2 Å². The Morgan fingerprint density at radius 1 is 1.23 bits per heavy atom. The molecule has 0 bridgehead atoms. The maximum Gasteiger partial charge on any atom is 0.0932 e. The first-order valence-electron chi connectivity index (χ1n) is 4.17. The fourth-order valence-corrected chi connectivity index (χ4v) is 1.79. The van der Waals surface area contributed by atoms with Crippen LogP contribution in [0.1, 0.15) is 5.56 Å². The highest BCUT2D eigenvalue weighted by atomic mass is 79.9. The molecule has 0 aliphatic heterocycles. The standard InChI is InChI=1S/C10H9BrN2/c11-6-5-8-7-12-13-10-4-2-1-3-9(8)10/h1-4,7H,5-6H2. The second-order valence-electron chi connectivity index (χ2n) is 2.83. The summed E-state index contributed by atoms with van der Waals surface area (Å²) in [5.41, 5.74) is 2.23. The van der Waals surface area contributed by atoms with Crippen molar-refractivity contribution in [3.63, 3.8) is 0 Å². The number of halogens is 1. The maximum atomic E-state index is 4.06. The zero-order chi connectivity index (χ0) is 9.10. The number of fused-ring (bicyclic) bond motifs is 1. The molecule has 0 aliphatic rings. The van der Waals surface area contributed by atoms with Crippen LogP contribution in [-0.4, -0.2) is 15.5 Å². The number of benzene rings is 1. The van der Waals surface area contributed by atoms with Crippen molar-refractivity contribution < 1.29 is 0 Å². The molecule has 3 heteroatoms. The van der Waals surface area contributed by atoms with E-state index in [1.54, 1.807) is 0 Å². The van der Waals surface area contributed by atoms with Crippen molar-refractivity contribution in [1.82, 2.24) is 10.2 Å². The van der Waals surface area contributed by atoms with Gasteiger partial charge in [0.15, 0.2) is 0 Å². The van der Waals surface area contributed by atoms with Gasteiger partial charge in [-0.05, 0) is 18.1 Å². The molecule has 2 rings (SSSR count). The third kappa shape index (κ3) is 1.70. The molecule has 0 saturated heterocycles. The highest BCUT2D eigenvalue weighted by Crippen LogP contribution is 2.15. The average molecular weight is 237 g/mol. The Kier molecular flexibility index (Phi) is 2.54. The number of rotatable bonds is 2. The molecule has 0 radical (unpaired) electrons. The summed E-state index contributed by atoms with van der Waals surface area (Å²) < 4.78 is 0. The molecule has 1 aromatic heterocycles. The molecule has 1 heterocycles. The molecule has 0 N–H and O–H groups in total. The predicted molar refractivity (Wildman–Crippen MR) is 57.0 cm³/mol. The van der Waals surface area contributed by atoms with E-state index in [1.165, 1.54) is 10.9 Å². The molecule has 66 valence electrons. The van der Waals surface area contributed by atoms with Crippen molar-refractivity contribution in [2.45, 2.75) is 6.42 Å². The van der Waals surface area contributed by atoms with Crippen LogP contribution in [0.4, 0.5) is 0 Å². The summed E-state index contributed by atoms with van der Waals surface area (Å²) in [4.78, 5) is 0. The van der Waals surface area contributed by atoms with Gasteiger partial charge < -0.3 is 0 Å². The highest BCUT2D eigenvalue weighted by Gasteiger charge is 2.00. The van der Waals surface area contributed by atoms with Crippen LogP contribution < -0.4 is 0 Å². The second-order valence-corrected chi connectivity index (χ2v) is 3.62. The minimum absolute atomic E-state index is 0.961. The fraction of sp³-hybridized carbons (Fsp3) is 0.200. The zero-order valence-electron chi connectivity index (χ0n) is 7.07. The Labute approximate surface area is 85.1 Å². The molecule has 0 atom stereocenters. The van der Waals surface area contributed by atoms with Crippen molar-refractivity contribution in [3.05, 3.63) is 36.0 Å². The fourth-order valence-electron chi connectivity index (χ4n) is 1.36. The number of aromatic nitrogens is 2. The average Bonchev–Trinajstić information content (AvgIpc) is 2.19. The summed E-state index contributed by atoms with van der Waals surface area (Å²) in [6.45, 7) is 0. The largest absolute Gasteiger partial charge is 0.158 e. The molecule has 0 amide bonds. The third-order valence-corrected chi connectivity index (χ3v) is 2.39. The Morgan fingerprint density at radius 3 is 2.92 bits per heavy atom. The summed E-state index contributed by atoms with van der Waals surface area (Å²) in [7, 11) is 0. The topological polar surface area (TPSA) is 25.8 Å². The van der Waals surface area contributed by atoms with Crippen LogP contribution in [0.25, 0.3) is 10.9 Å². The first-order chi connectivity index (χ1) is 6.42. The van der Waals surface area contributed by atoms with Gasteiger partial charge in [0, 0.05) is 10.7 Å². The van der Waals surface area contributed by atoms with E-state index in [4.69, 9.17) is 0 Å². The lowest BCUT2D eigenvalue weighted by molar-refractivity contribution is 1.03. The number of alkyl halides is 1. The maximum absolute atomic E-state index is 4.06. The second kappa shape index (κ2) is 3.83. The Bertz CT molecular complexity index is 409. The van der Waals surface area contributed by atoms with Gasteiger partial charge in [-0.3, -0.25) is 0 Å². The molecular formula is C10H9BrN2. The van der Waals surface area contributed by atoms with Gasteiger partial charge in [-0.15, -0.1) is 0 Å². The summed E-state index contributed by atoms with van der Waals surface area (Å²) >= 11 is 3.42. The van der Waals surface area contributed by atoms with Gasteiger partial charge in [0.2, 0.25) is 0 Å². The lowest BCUT2D eigenvalue weighted by Crippen LogP contribution is -1.92. The minimum Gasteiger partial charge on any atom is -0.158 e. The normalized spacial score (nSPS) is 10.5. The van der Waals surface area contributed by atoms with Gasteiger partial charge in [-0.25, -0.2) is 0 Å². The molecule has 0 aliphatic carbocycles. The van der Waals surface area contributed by atoms with Gasteiger partial charge in [0.25, 0.3) is 0 Å². The molecule has 0 unspecified atom stereocenters. The summed E-state index contributed by atoms with van der Waals surface area (Å²) in [5.74, 6) is 0. The van der Waals surface area contributed by atoms with Gasteiger partial charge in [-0.2, -0.15) is 10.2 Å². The molecule has 1 aromatic carbocycles. The highest BCUT2D eigenvalue weighted by molar-refractivity contribution is 9.09. The Balaban J connectivity index is 2.61. The third-order valence-electron chi connectivity index (χ3n) is 1.99. The first kappa shape index (κ1) is 8.63. The Hall–Kier alpha value is -0.960. The molecule has 0 saturated carbocycles. The van der Waals surface area contributed by atoms with E-state index in [1.807, 2.05) is 24.4 Å². The molecular weight excluding hydrogens is 228 g/mol. The van der Waals surface area contributed by atoms with Crippen molar-refractivity contribution in [1.29, 1.82) is 0 Å². The molecule has 2 nitrogen and oxygen atoms in total. The number of aryl methyl sites for hydroxylation is 1. The first-order valence-corrected chi connectivity index (χ1v) is 5.29. The predicted octanol–water partition coefficient (Wildman–Crippen LogP) is 2.57. The van der Waals surface area contributed by atoms with Crippen LogP contribution in [0.3, 0.4) is 0 Å². The molecule has 0 spiro atoms. The quantitative estimate of drug-likeness (QED) is 0.750. The smallest absolute Gasteiger partial charge is 0.0932 e. The summed E-state index contributed by atoms with van der Waals surface area (Å²) in [6.07, 6.45) is 2.83. The minimum atomic E-state index is 0.961. The van der Waals surface area contributed by atoms with E-state index in [9.17, 15) is 0 Å². The van der Waals surface area contributed by atoms with Gasteiger partial charge in [0.1, 0.15) is 0 Å². The summed E-state index contributed by atoms with van der Waals surface area (Å²) in [6, 6.07) is 8.08.